The minimum atomic E-state index is -0.488. The molecule has 4 heteroatoms. The van der Waals surface area contributed by atoms with E-state index in [9.17, 15) is 4.79 Å². The lowest BCUT2D eigenvalue weighted by molar-refractivity contribution is -0.123. The number of benzene rings is 1. The fourth-order valence-corrected chi connectivity index (χ4v) is 5.33. The van der Waals surface area contributed by atoms with Crippen LogP contribution in [-0.2, 0) is 10.2 Å². The van der Waals surface area contributed by atoms with Gasteiger partial charge < -0.3 is 10.3 Å². The van der Waals surface area contributed by atoms with Crippen molar-refractivity contribution >= 4 is 16.7 Å². The summed E-state index contributed by atoms with van der Waals surface area (Å²) in [6.07, 6.45) is 7.23. The van der Waals surface area contributed by atoms with Gasteiger partial charge in [-0.1, -0.05) is 19.9 Å². The van der Waals surface area contributed by atoms with Crippen LogP contribution in [0.4, 0.5) is 0 Å². The number of pyridine rings is 1. The quantitative estimate of drug-likeness (QED) is 0.407. The van der Waals surface area contributed by atoms with E-state index in [2.05, 4.69) is 73.3 Å². The van der Waals surface area contributed by atoms with E-state index in [0.29, 0.717) is 18.1 Å². The Kier molecular flexibility index (Phi) is 7.04. The standard InChI is InChI=1S/C29H39N3O/c1-19(2)27-24-17-23(11-12-25(24)32-28(27)22-13-15-31-20(3)16-22)29(4,5)26(33)10-6-8-21-9-7-14-30-18-21/h11-13,15-17,19,21,30,32H,6-10,14,18H2,1-5H3. The summed E-state index contributed by atoms with van der Waals surface area (Å²) in [4.78, 5) is 21.3. The second-order valence-electron chi connectivity index (χ2n) is 10.7. The van der Waals surface area contributed by atoms with Crippen molar-refractivity contribution in [3.8, 4) is 11.3 Å². The molecule has 1 aliphatic rings. The van der Waals surface area contributed by atoms with Gasteiger partial charge in [-0.05, 0) is 107 Å². The SMILES string of the molecule is Cc1cc(-c2[nH]c3ccc(C(C)(C)C(=O)CCCC4CCCNC4)cc3c2C(C)C)ccn1. The number of hydrogen-bond donors (Lipinski definition) is 2. The number of carbonyl (C=O) groups is 1. The van der Waals surface area contributed by atoms with Gasteiger partial charge in [0.1, 0.15) is 5.78 Å². The summed E-state index contributed by atoms with van der Waals surface area (Å²) >= 11 is 0. The molecule has 1 unspecified atom stereocenters. The summed E-state index contributed by atoms with van der Waals surface area (Å²) in [5, 5.41) is 4.71. The average molecular weight is 446 g/mol. The molecule has 2 aromatic heterocycles. The van der Waals surface area contributed by atoms with E-state index in [0.717, 1.165) is 59.9 Å². The second kappa shape index (κ2) is 9.80. The van der Waals surface area contributed by atoms with Crippen LogP contribution >= 0.6 is 0 Å². The van der Waals surface area contributed by atoms with Crippen LogP contribution in [0.5, 0.6) is 0 Å². The van der Waals surface area contributed by atoms with Crippen LogP contribution in [0.3, 0.4) is 0 Å². The van der Waals surface area contributed by atoms with Crippen LogP contribution in [0, 0.1) is 12.8 Å². The smallest absolute Gasteiger partial charge is 0.142 e. The molecule has 0 amide bonds. The van der Waals surface area contributed by atoms with E-state index in [1.807, 2.05) is 13.1 Å². The van der Waals surface area contributed by atoms with Crippen molar-refractivity contribution in [2.24, 2.45) is 5.92 Å². The molecule has 4 nitrogen and oxygen atoms in total. The number of hydrogen-bond acceptors (Lipinski definition) is 3. The highest BCUT2D eigenvalue weighted by atomic mass is 16.1. The molecule has 0 aliphatic carbocycles. The van der Waals surface area contributed by atoms with Gasteiger partial charge in [0.05, 0.1) is 5.69 Å². The summed E-state index contributed by atoms with van der Waals surface area (Å²) in [5.41, 5.74) is 6.39. The van der Waals surface area contributed by atoms with Gasteiger partial charge in [-0.2, -0.15) is 0 Å². The molecular formula is C29H39N3O. The number of nitrogens with one attached hydrogen (secondary N) is 2. The van der Waals surface area contributed by atoms with Crippen LogP contribution < -0.4 is 5.32 Å². The molecule has 176 valence electrons. The number of aromatic amines is 1. The Bertz CT molecular complexity index is 1120. The van der Waals surface area contributed by atoms with Gasteiger partial charge in [0, 0.05) is 40.2 Å². The molecule has 1 aliphatic heterocycles. The maximum absolute atomic E-state index is 13.3. The van der Waals surface area contributed by atoms with E-state index >= 15 is 0 Å². The van der Waals surface area contributed by atoms with Gasteiger partial charge in [-0.15, -0.1) is 0 Å². The van der Waals surface area contributed by atoms with E-state index in [4.69, 9.17) is 0 Å². The van der Waals surface area contributed by atoms with Gasteiger partial charge in [0.15, 0.2) is 0 Å². The molecule has 0 bridgehead atoms. The predicted octanol–water partition coefficient (Wildman–Crippen LogP) is 6.68. The lowest BCUT2D eigenvalue weighted by atomic mass is 9.77. The number of ketones is 1. The molecular weight excluding hydrogens is 406 g/mol. The van der Waals surface area contributed by atoms with Crippen molar-refractivity contribution in [3.63, 3.8) is 0 Å². The number of H-pyrrole nitrogens is 1. The number of nitrogens with zero attached hydrogens (tertiary/aromatic N) is 1. The summed E-state index contributed by atoms with van der Waals surface area (Å²) < 4.78 is 0. The minimum absolute atomic E-state index is 0.345. The Labute approximate surface area is 198 Å². The van der Waals surface area contributed by atoms with E-state index < -0.39 is 5.41 Å². The molecule has 0 radical (unpaired) electrons. The summed E-state index contributed by atoms with van der Waals surface area (Å²) in [6, 6.07) is 10.7. The first-order valence-electron chi connectivity index (χ1n) is 12.6. The van der Waals surface area contributed by atoms with E-state index in [1.54, 1.807) is 0 Å². The molecule has 3 aromatic rings. The largest absolute Gasteiger partial charge is 0.354 e. The van der Waals surface area contributed by atoms with Crippen LogP contribution in [0.1, 0.15) is 82.5 Å². The second-order valence-corrected chi connectivity index (χ2v) is 10.7. The molecule has 0 spiro atoms. The van der Waals surface area contributed by atoms with E-state index in [1.165, 1.54) is 23.8 Å². The third-order valence-electron chi connectivity index (χ3n) is 7.44. The molecule has 1 aromatic carbocycles. The number of carbonyl (C=O) groups excluding carboxylic acids is 1. The van der Waals surface area contributed by atoms with Gasteiger partial charge in [-0.25, -0.2) is 0 Å². The highest BCUT2D eigenvalue weighted by Crippen LogP contribution is 2.38. The fraction of sp³-hybridized carbons (Fsp3) is 0.517. The zero-order chi connectivity index (χ0) is 23.6. The monoisotopic (exact) mass is 445 g/mol. The van der Waals surface area contributed by atoms with E-state index in [-0.39, 0.29) is 0 Å². The molecule has 0 saturated carbocycles. The maximum atomic E-state index is 13.3. The zero-order valence-corrected chi connectivity index (χ0v) is 20.9. The van der Waals surface area contributed by atoms with Gasteiger partial charge >= 0.3 is 0 Å². The van der Waals surface area contributed by atoms with Crippen LogP contribution in [0.15, 0.2) is 36.5 Å². The van der Waals surface area contributed by atoms with Crippen molar-refractivity contribution < 1.29 is 4.79 Å². The minimum Gasteiger partial charge on any atom is -0.354 e. The number of rotatable bonds is 8. The van der Waals surface area contributed by atoms with Crippen LogP contribution in [0.25, 0.3) is 22.2 Å². The Morgan fingerprint density at radius 1 is 1.21 bits per heavy atom. The third kappa shape index (κ3) is 5.06. The lowest BCUT2D eigenvalue weighted by Crippen LogP contribution is -2.31. The van der Waals surface area contributed by atoms with Gasteiger partial charge in [0.25, 0.3) is 0 Å². The maximum Gasteiger partial charge on any atom is 0.142 e. The van der Waals surface area contributed by atoms with Gasteiger partial charge in [-0.3, -0.25) is 9.78 Å². The normalized spacial score (nSPS) is 17.1. The highest BCUT2D eigenvalue weighted by Gasteiger charge is 2.30. The number of piperidine rings is 1. The predicted molar refractivity (Wildman–Crippen MR) is 138 cm³/mol. The Balaban J connectivity index is 1.59. The zero-order valence-electron chi connectivity index (χ0n) is 20.9. The van der Waals surface area contributed by atoms with Crippen molar-refractivity contribution in [3.05, 3.63) is 53.3 Å². The Hall–Kier alpha value is -2.46. The van der Waals surface area contributed by atoms with Crippen molar-refractivity contribution in [2.75, 3.05) is 13.1 Å². The first kappa shape index (κ1) is 23.7. The third-order valence-corrected chi connectivity index (χ3v) is 7.44. The van der Waals surface area contributed by atoms with Crippen molar-refractivity contribution in [1.82, 2.24) is 15.3 Å². The average Bonchev–Trinajstić information content (AvgIpc) is 3.19. The Morgan fingerprint density at radius 3 is 2.73 bits per heavy atom. The number of aromatic nitrogens is 2. The molecule has 1 saturated heterocycles. The molecule has 4 rings (SSSR count). The number of fused-ring (bicyclic) bond motifs is 1. The molecule has 3 heterocycles. The first-order chi connectivity index (χ1) is 15.8. The fourth-order valence-electron chi connectivity index (χ4n) is 5.33. The summed E-state index contributed by atoms with van der Waals surface area (Å²) in [6.45, 7) is 12.9. The number of aryl methyl sites for hydroxylation is 1. The summed E-state index contributed by atoms with van der Waals surface area (Å²) in [7, 11) is 0. The van der Waals surface area contributed by atoms with Crippen LogP contribution in [0.2, 0.25) is 0 Å². The molecule has 2 N–H and O–H groups in total. The highest BCUT2D eigenvalue weighted by molar-refractivity contribution is 5.95. The van der Waals surface area contributed by atoms with Crippen molar-refractivity contribution in [2.45, 2.75) is 78.1 Å². The van der Waals surface area contributed by atoms with Crippen LogP contribution in [-0.4, -0.2) is 28.8 Å². The summed E-state index contributed by atoms with van der Waals surface area (Å²) in [5.74, 6) is 1.44. The first-order valence-corrected chi connectivity index (χ1v) is 12.6. The Morgan fingerprint density at radius 2 is 2.03 bits per heavy atom. The topological polar surface area (TPSA) is 57.8 Å². The van der Waals surface area contributed by atoms with Crippen molar-refractivity contribution in [1.29, 1.82) is 0 Å². The van der Waals surface area contributed by atoms with Gasteiger partial charge in [0.2, 0.25) is 0 Å². The molecule has 1 atom stereocenters. The number of Topliss-reactive ketones (excluding diaryl/α,β-unsaturated/α-hetero) is 1. The molecule has 1 fully saturated rings. The lowest BCUT2D eigenvalue weighted by Gasteiger charge is -2.26. The molecule has 33 heavy (non-hydrogen) atoms.